The van der Waals surface area contributed by atoms with E-state index in [1.807, 2.05) is 13.8 Å². The average Bonchev–Trinajstić information content (AvgIpc) is 2.75. The maximum absolute atomic E-state index is 13.5. The number of nitrogens with zero attached hydrogens (tertiary/aromatic N) is 2. The highest BCUT2D eigenvalue weighted by Gasteiger charge is 2.30. The second-order valence-electron chi connectivity index (χ2n) is 8.33. The maximum atomic E-state index is 13.5. The van der Waals surface area contributed by atoms with Gasteiger partial charge in [-0.3, -0.25) is 13.9 Å². The average molecular weight is 640 g/mol. The Hall–Kier alpha value is -1.56. The quantitative estimate of drug-likeness (QED) is 0.387. The van der Waals surface area contributed by atoms with Crippen LogP contribution in [-0.4, -0.2) is 50.5 Å². The van der Waals surface area contributed by atoms with Crippen molar-refractivity contribution in [3.63, 3.8) is 0 Å². The first kappa shape index (κ1) is 28.7. The van der Waals surface area contributed by atoms with Crippen LogP contribution in [0.5, 0.6) is 0 Å². The smallest absolute Gasteiger partial charge is 0.244 e. The van der Waals surface area contributed by atoms with Crippen molar-refractivity contribution >= 4 is 73.3 Å². The fourth-order valence-corrected chi connectivity index (χ4v) is 4.62. The van der Waals surface area contributed by atoms with Crippen LogP contribution in [0.2, 0.25) is 10.0 Å². The van der Waals surface area contributed by atoms with Crippen molar-refractivity contribution in [3.8, 4) is 0 Å². The molecule has 2 aromatic rings. The number of halogens is 3. The molecule has 0 aliphatic rings. The van der Waals surface area contributed by atoms with Crippen molar-refractivity contribution in [2.24, 2.45) is 5.92 Å². The molecule has 1 N–H and O–H groups in total. The summed E-state index contributed by atoms with van der Waals surface area (Å²) >= 11 is 14.3. The van der Waals surface area contributed by atoms with E-state index in [0.29, 0.717) is 27.8 Å². The van der Waals surface area contributed by atoms with Gasteiger partial charge in [0, 0.05) is 16.7 Å². The number of amides is 2. The number of nitrogens with one attached hydrogen (secondary N) is 1. The van der Waals surface area contributed by atoms with Crippen molar-refractivity contribution in [2.45, 2.75) is 33.4 Å². The van der Waals surface area contributed by atoms with Gasteiger partial charge in [-0.05, 0) is 77.4 Å². The molecule has 0 unspecified atom stereocenters. The van der Waals surface area contributed by atoms with Gasteiger partial charge in [0.25, 0.3) is 0 Å². The third kappa shape index (κ3) is 8.28. The normalized spacial score (nSPS) is 12.4. The van der Waals surface area contributed by atoms with E-state index in [-0.39, 0.29) is 18.4 Å². The summed E-state index contributed by atoms with van der Waals surface area (Å²) in [5, 5.41) is 3.52. The molecule has 7 nitrogen and oxygen atoms in total. The molecule has 0 aliphatic heterocycles. The Morgan fingerprint density at radius 1 is 1.03 bits per heavy atom. The predicted molar refractivity (Wildman–Crippen MR) is 146 cm³/mol. The third-order valence-electron chi connectivity index (χ3n) is 4.98. The van der Waals surface area contributed by atoms with E-state index in [2.05, 4.69) is 27.9 Å². The van der Waals surface area contributed by atoms with Crippen molar-refractivity contribution in [1.82, 2.24) is 10.2 Å². The summed E-state index contributed by atoms with van der Waals surface area (Å²) in [5.74, 6) is -0.624. The van der Waals surface area contributed by atoms with E-state index >= 15 is 0 Å². The van der Waals surface area contributed by atoms with Crippen LogP contribution in [0.1, 0.15) is 26.3 Å². The van der Waals surface area contributed by atoms with Crippen LogP contribution in [0.15, 0.2) is 42.5 Å². The second kappa shape index (κ2) is 12.4. The Labute approximate surface area is 225 Å². The summed E-state index contributed by atoms with van der Waals surface area (Å²) in [4.78, 5) is 27.6. The van der Waals surface area contributed by atoms with Crippen LogP contribution < -0.4 is 9.62 Å². The molecule has 186 valence electrons. The van der Waals surface area contributed by atoms with Crippen LogP contribution in [0.4, 0.5) is 5.69 Å². The number of hydrogen-bond acceptors (Lipinski definition) is 4. The van der Waals surface area contributed by atoms with Gasteiger partial charge < -0.3 is 10.2 Å². The summed E-state index contributed by atoms with van der Waals surface area (Å²) < 4.78 is 27.0. The Kier molecular flexibility index (Phi) is 10.5. The molecule has 2 aromatic carbocycles. The minimum Gasteiger partial charge on any atom is -0.354 e. The van der Waals surface area contributed by atoms with Crippen molar-refractivity contribution in [1.29, 1.82) is 0 Å². The molecule has 0 aliphatic carbocycles. The Balaban J connectivity index is 2.38. The van der Waals surface area contributed by atoms with Crippen molar-refractivity contribution in [3.05, 3.63) is 61.6 Å². The molecule has 0 radical (unpaired) electrons. The van der Waals surface area contributed by atoms with E-state index in [1.165, 1.54) is 4.90 Å². The zero-order chi connectivity index (χ0) is 25.6. The molecule has 0 fully saturated rings. The molecule has 0 aromatic heterocycles. The minimum absolute atomic E-state index is 0.0519. The van der Waals surface area contributed by atoms with Gasteiger partial charge in [0.1, 0.15) is 12.6 Å². The number of hydrogen-bond donors (Lipinski definition) is 1. The SMILES string of the molecule is CC(C)CNC(=O)[C@H](C)N(Cc1ccc(Cl)c(Cl)c1)C(=O)CN(c1ccc(I)cc1)S(C)(=O)=O. The fraction of sp³-hybridized carbons (Fsp3) is 0.391. The number of sulfonamides is 1. The highest BCUT2D eigenvalue weighted by Crippen LogP contribution is 2.24. The topological polar surface area (TPSA) is 86.8 Å². The van der Waals surface area contributed by atoms with Gasteiger partial charge in [0.15, 0.2) is 0 Å². The summed E-state index contributed by atoms with van der Waals surface area (Å²) in [6.45, 7) is 5.60. The summed E-state index contributed by atoms with van der Waals surface area (Å²) in [6, 6.07) is 10.9. The van der Waals surface area contributed by atoms with Gasteiger partial charge in [-0.25, -0.2) is 8.42 Å². The van der Waals surface area contributed by atoms with Crippen molar-refractivity contribution < 1.29 is 18.0 Å². The molecule has 0 saturated heterocycles. The predicted octanol–water partition coefficient (Wildman–Crippen LogP) is 4.55. The van der Waals surface area contributed by atoms with E-state index < -0.39 is 28.5 Å². The number of benzene rings is 2. The Morgan fingerprint density at radius 2 is 1.65 bits per heavy atom. The Morgan fingerprint density at radius 3 is 2.18 bits per heavy atom. The first-order chi connectivity index (χ1) is 15.8. The summed E-state index contributed by atoms with van der Waals surface area (Å²) in [5.41, 5.74) is 1.02. The van der Waals surface area contributed by atoms with Crippen LogP contribution in [0.25, 0.3) is 0 Å². The first-order valence-electron chi connectivity index (χ1n) is 10.5. The molecule has 1 atom stereocenters. The molecule has 34 heavy (non-hydrogen) atoms. The Bertz CT molecular complexity index is 1130. The van der Waals surface area contributed by atoms with E-state index in [0.717, 1.165) is 14.1 Å². The van der Waals surface area contributed by atoms with Crippen LogP contribution in [0.3, 0.4) is 0 Å². The molecule has 0 saturated carbocycles. The van der Waals surface area contributed by atoms with E-state index in [4.69, 9.17) is 23.2 Å². The lowest BCUT2D eigenvalue weighted by molar-refractivity contribution is -0.139. The summed E-state index contributed by atoms with van der Waals surface area (Å²) in [6.07, 6.45) is 1.04. The van der Waals surface area contributed by atoms with Crippen LogP contribution >= 0.6 is 45.8 Å². The largest absolute Gasteiger partial charge is 0.354 e. The number of carbonyl (C=O) groups excluding carboxylic acids is 2. The van der Waals surface area contributed by atoms with Crippen molar-refractivity contribution in [2.75, 3.05) is 23.7 Å². The highest BCUT2D eigenvalue weighted by atomic mass is 127. The molecular weight excluding hydrogens is 612 g/mol. The zero-order valence-corrected chi connectivity index (χ0v) is 23.9. The standard InChI is InChI=1S/C23H28Cl2IN3O4S/c1-15(2)12-27-23(31)16(3)28(13-17-5-10-20(24)21(25)11-17)22(30)14-29(34(4,32)33)19-8-6-18(26)7-9-19/h5-11,15-16H,12-14H2,1-4H3,(H,27,31)/t16-/m0/s1. The lowest BCUT2D eigenvalue weighted by Gasteiger charge is -2.31. The van der Waals surface area contributed by atoms with Gasteiger partial charge in [0.05, 0.1) is 22.0 Å². The van der Waals surface area contributed by atoms with Gasteiger partial charge in [0.2, 0.25) is 21.8 Å². The minimum atomic E-state index is -3.77. The zero-order valence-electron chi connectivity index (χ0n) is 19.4. The molecule has 2 rings (SSSR count). The molecule has 2 amide bonds. The molecular formula is C23H28Cl2IN3O4S. The van der Waals surface area contributed by atoms with E-state index in [1.54, 1.807) is 49.4 Å². The van der Waals surface area contributed by atoms with Gasteiger partial charge in [-0.1, -0.05) is 43.1 Å². The first-order valence-corrected chi connectivity index (χ1v) is 14.2. The van der Waals surface area contributed by atoms with Gasteiger partial charge in [-0.2, -0.15) is 0 Å². The van der Waals surface area contributed by atoms with Gasteiger partial charge in [-0.15, -0.1) is 0 Å². The lowest BCUT2D eigenvalue weighted by atomic mass is 10.1. The monoisotopic (exact) mass is 639 g/mol. The number of anilines is 1. The third-order valence-corrected chi connectivity index (χ3v) is 7.58. The number of carbonyl (C=O) groups is 2. The summed E-state index contributed by atoms with van der Waals surface area (Å²) in [7, 11) is -3.77. The van der Waals surface area contributed by atoms with Gasteiger partial charge >= 0.3 is 0 Å². The van der Waals surface area contributed by atoms with Crippen LogP contribution in [0, 0.1) is 9.49 Å². The molecule has 0 heterocycles. The molecule has 0 spiro atoms. The number of rotatable bonds is 10. The second-order valence-corrected chi connectivity index (χ2v) is 12.3. The maximum Gasteiger partial charge on any atom is 0.244 e. The fourth-order valence-electron chi connectivity index (χ4n) is 3.09. The van der Waals surface area contributed by atoms with Crippen LogP contribution in [-0.2, 0) is 26.2 Å². The lowest BCUT2D eigenvalue weighted by Crippen LogP contribution is -2.51. The highest BCUT2D eigenvalue weighted by molar-refractivity contribution is 14.1. The molecule has 0 bridgehead atoms. The van der Waals surface area contributed by atoms with E-state index in [9.17, 15) is 18.0 Å². The molecule has 11 heteroatoms.